The van der Waals surface area contributed by atoms with Crippen LogP contribution in [0, 0.1) is 6.92 Å². The van der Waals surface area contributed by atoms with Crippen LogP contribution in [0.15, 0.2) is 22.7 Å². The quantitative estimate of drug-likeness (QED) is 0.925. The summed E-state index contributed by atoms with van der Waals surface area (Å²) in [5.74, 6) is 2.09. The van der Waals surface area contributed by atoms with Crippen molar-refractivity contribution < 1.29 is 9.63 Å². The monoisotopic (exact) mass is 278 g/mol. The molecule has 1 heterocycles. The molecular weight excluding hydrogens is 260 g/mol. The van der Waals surface area contributed by atoms with Crippen molar-refractivity contribution in [1.29, 1.82) is 0 Å². The van der Waals surface area contributed by atoms with Gasteiger partial charge in [-0.2, -0.15) is 4.98 Å². The molecule has 0 aliphatic carbocycles. The number of thioether (sulfide) groups is 1. The van der Waals surface area contributed by atoms with E-state index in [-0.39, 0.29) is 10.5 Å². The highest BCUT2D eigenvalue weighted by molar-refractivity contribution is 7.99. The molecule has 2 rings (SSSR count). The van der Waals surface area contributed by atoms with E-state index in [0.717, 1.165) is 11.1 Å². The summed E-state index contributed by atoms with van der Waals surface area (Å²) in [7, 11) is 0. The van der Waals surface area contributed by atoms with E-state index in [0.29, 0.717) is 17.5 Å². The summed E-state index contributed by atoms with van der Waals surface area (Å²) >= 11 is 1.77. The van der Waals surface area contributed by atoms with Gasteiger partial charge in [-0.05, 0) is 19.1 Å². The molecule has 0 bridgehead atoms. The summed E-state index contributed by atoms with van der Waals surface area (Å²) in [5.41, 5.74) is 1.53. The average molecular weight is 278 g/mol. The van der Waals surface area contributed by atoms with Crippen molar-refractivity contribution in [2.75, 3.05) is 0 Å². The first kappa shape index (κ1) is 13.9. The van der Waals surface area contributed by atoms with Crippen LogP contribution in [-0.4, -0.2) is 20.0 Å². The Labute approximate surface area is 117 Å². The first-order chi connectivity index (χ1) is 8.87. The van der Waals surface area contributed by atoms with E-state index >= 15 is 0 Å². The fourth-order valence-electron chi connectivity index (χ4n) is 1.56. The molecule has 2 aromatic rings. The van der Waals surface area contributed by atoms with Crippen molar-refractivity contribution in [1.82, 2.24) is 10.1 Å². The summed E-state index contributed by atoms with van der Waals surface area (Å²) in [6.45, 7) is 8.28. The number of benzene rings is 1. The van der Waals surface area contributed by atoms with E-state index in [1.165, 1.54) is 0 Å². The summed E-state index contributed by atoms with van der Waals surface area (Å²) in [5, 5.41) is 13.7. The number of hydrogen-bond acceptors (Lipinski definition) is 5. The van der Waals surface area contributed by atoms with Crippen LogP contribution in [0.1, 0.15) is 32.2 Å². The van der Waals surface area contributed by atoms with Gasteiger partial charge in [0.25, 0.3) is 5.89 Å². The fourth-order valence-corrected chi connectivity index (χ4v) is 2.24. The first-order valence-electron chi connectivity index (χ1n) is 6.12. The van der Waals surface area contributed by atoms with Crippen LogP contribution in [0.25, 0.3) is 11.5 Å². The van der Waals surface area contributed by atoms with Crippen LogP contribution in [0.4, 0.5) is 0 Å². The molecule has 0 saturated heterocycles. The molecule has 0 aliphatic heterocycles. The van der Waals surface area contributed by atoms with Gasteiger partial charge in [-0.15, -0.1) is 11.8 Å². The highest BCUT2D eigenvalue weighted by Crippen LogP contribution is 2.30. The lowest BCUT2D eigenvalue weighted by Crippen LogP contribution is -2.07. The highest BCUT2D eigenvalue weighted by Gasteiger charge is 2.16. The van der Waals surface area contributed by atoms with Crippen LogP contribution < -0.4 is 0 Å². The van der Waals surface area contributed by atoms with Gasteiger partial charge in [0.15, 0.2) is 5.82 Å². The average Bonchev–Trinajstić information content (AvgIpc) is 2.78. The number of aromatic hydroxyl groups is 1. The predicted octanol–water partition coefficient (Wildman–Crippen LogP) is 3.78. The Morgan fingerprint density at radius 1 is 1.32 bits per heavy atom. The Morgan fingerprint density at radius 2 is 2.05 bits per heavy atom. The number of aromatic nitrogens is 2. The summed E-state index contributed by atoms with van der Waals surface area (Å²) < 4.78 is 5.43. The van der Waals surface area contributed by atoms with Crippen molar-refractivity contribution in [3.63, 3.8) is 0 Å². The fraction of sp³-hybridized carbons (Fsp3) is 0.429. The van der Waals surface area contributed by atoms with Gasteiger partial charge < -0.3 is 9.63 Å². The van der Waals surface area contributed by atoms with Gasteiger partial charge in [0.05, 0.1) is 5.75 Å². The summed E-state index contributed by atoms with van der Waals surface area (Å²) in [6, 6.07) is 5.28. The lowest BCUT2D eigenvalue weighted by atomic mass is 10.1. The van der Waals surface area contributed by atoms with Gasteiger partial charge in [-0.1, -0.05) is 32.0 Å². The molecule has 0 aliphatic rings. The molecule has 0 atom stereocenters. The molecule has 0 unspecified atom stereocenters. The Bertz CT molecular complexity index is 573. The Kier molecular flexibility index (Phi) is 3.85. The third kappa shape index (κ3) is 3.50. The van der Waals surface area contributed by atoms with E-state index in [1.54, 1.807) is 23.9 Å². The zero-order chi connectivity index (χ0) is 14.0. The minimum atomic E-state index is 0.168. The number of rotatable bonds is 3. The van der Waals surface area contributed by atoms with Crippen LogP contribution in [-0.2, 0) is 5.75 Å². The zero-order valence-corrected chi connectivity index (χ0v) is 12.4. The minimum Gasteiger partial charge on any atom is -0.508 e. The van der Waals surface area contributed by atoms with Gasteiger partial charge in [0, 0.05) is 15.9 Å². The molecule has 0 spiro atoms. The molecule has 4 nitrogen and oxygen atoms in total. The Balaban J connectivity index is 2.19. The van der Waals surface area contributed by atoms with Gasteiger partial charge in [0.2, 0.25) is 0 Å². The second-order valence-electron chi connectivity index (χ2n) is 5.37. The summed E-state index contributed by atoms with van der Waals surface area (Å²) in [4.78, 5) is 4.38. The molecule has 19 heavy (non-hydrogen) atoms. The third-order valence-corrected chi connectivity index (χ3v) is 3.91. The number of phenolic OH excluding ortho intramolecular Hbond substituents is 1. The van der Waals surface area contributed by atoms with E-state index in [1.807, 2.05) is 13.0 Å². The maximum absolute atomic E-state index is 9.68. The number of nitrogens with zero attached hydrogens (tertiary/aromatic N) is 2. The van der Waals surface area contributed by atoms with Crippen molar-refractivity contribution in [3.05, 3.63) is 29.6 Å². The van der Waals surface area contributed by atoms with Crippen molar-refractivity contribution >= 4 is 11.8 Å². The number of phenols is 1. The molecule has 102 valence electrons. The Hall–Kier alpha value is -1.49. The standard InChI is InChI=1S/C14H18N2O2S/c1-9-10(6-5-7-11(9)17)13-15-12(16-18-13)8-19-14(2,3)4/h5-7,17H,8H2,1-4H3. The van der Waals surface area contributed by atoms with Crippen LogP contribution in [0.2, 0.25) is 0 Å². The van der Waals surface area contributed by atoms with E-state index in [9.17, 15) is 5.11 Å². The van der Waals surface area contributed by atoms with Crippen molar-refractivity contribution in [2.45, 2.75) is 38.2 Å². The van der Waals surface area contributed by atoms with Crippen LogP contribution in [0.3, 0.4) is 0 Å². The van der Waals surface area contributed by atoms with Gasteiger partial charge in [-0.25, -0.2) is 0 Å². The molecular formula is C14H18N2O2S. The molecule has 1 aromatic heterocycles. The normalized spacial score (nSPS) is 11.8. The van der Waals surface area contributed by atoms with Gasteiger partial charge in [-0.3, -0.25) is 0 Å². The summed E-state index contributed by atoms with van der Waals surface area (Å²) in [6.07, 6.45) is 0. The predicted molar refractivity (Wildman–Crippen MR) is 77.2 cm³/mol. The minimum absolute atomic E-state index is 0.168. The molecule has 1 N–H and O–H groups in total. The topological polar surface area (TPSA) is 59.2 Å². The van der Waals surface area contributed by atoms with Gasteiger partial charge >= 0.3 is 0 Å². The Morgan fingerprint density at radius 3 is 2.74 bits per heavy atom. The van der Waals surface area contributed by atoms with E-state index in [4.69, 9.17) is 4.52 Å². The maximum atomic E-state index is 9.68. The molecule has 0 saturated carbocycles. The van der Waals surface area contributed by atoms with E-state index < -0.39 is 0 Å². The molecule has 0 amide bonds. The molecule has 0 fully saturated rings. The highest BCUT2D eigenvalue weighted by atomic mass is 32.2. The van der Waals surface area contributed by atoms with Gasteiger partial charge in [0.1, 0.15) is 5.75 Å². The maximum Gasteiger partial charge on any atom is 0.258 e. The van der Waals surface area contributed by atoms with Crippen molar-refractivity contribution in [2.24, 2.45) is 0 Å². The van der Waals surface area contributed by atoms with Crippen LogP contribution >= 0.6 is 11.8 Å². The molecule has 5 heteroatoms. The first-order valence-corrected chi connectivity index (χ1v) is 7.11. The SMILES string of the molecule is Cc1c(O)cccc1-c1nc(CSC(C)(C)C)no1. The second kappa shape index (κ2) is 5.25. The number of hydrogen-bond donors (Lipinski definition) is 1. The van der Waals surface area contributed by atoms with Crippen molar-refractivity contribution in [3.8, 4) is 17.2 Å². The molecule has 1 aromatic carbocycles. The molecule has 0 radical (unpaired) electrons. The second-order valence-corrected chi connectivity index (χ2v) is 7.17. The zero-order valence-electron chi connectivity index (χ0n) is 11.6. The smallest absolute Gasteiger partial charge is 0.258 e. The largest absolute Gasteiger partial charge is 0.508 e. The third-order valence-electron chi connectivity index (χ3n) is 2.64. The van der Waals surface area contributed by atoms with Crippen LogP contribution in [0.5, 0.6) is 5.75 Å². The van der Waals surface area contributed by atoms with E-state index in [2.05, 4.69) is 30.9 Å². The lowest BCUT2D eigenvalue weighted by Gasteiger charge is -2.15. The lowest BCUT2D eigenvalue weighted by molar-refractivity contribution is 0.424.